The first-order valence-electron chi connectivity index (χ1n) is 7.27. The lowest BCUT2D eigenvalue weighted by Gasteiger charge is -2.17. The summed E-state index contributed by atoms with van der Waals surface area (Å²) >= 11 is 1.44. The summed E-state index contributed by atoms with van der Waals surface area (Å²) in [6.07, 6.45) is 0. The Morgan fingerprint density at radius 1 is 1.17 bits per heavy atom. The first-order valence-corrected chi connectivity index (χ1v) is 8.15. The number of esters is 1. The van der Waals surface area contributed by atoms with Crippen LogP contribution < -0.4 is 15.0 Å². The predicted molar refractivity (Wildman–Crippen MR) is 90.5 cm³/mol. The molecule has 0 radical (unpaired) electrons. The molecule has 4 amide bonds. The Morgan fingerprint density at radius 2 is 1.96 bits per heavy atom. The lowest BCUT2D eigenvalue weighted by Crippen LogP contribution is -2.38. The topological polar surface area (TPSA) is 79.0 Å². The Balaban J connectivity index is 1.72. The predicted octanol–water partition coefficient (Wildman–Crippen LogP) is 3.15. The maximum atomic E-state index is 12.4. The largest absolute Gasteiger partial charge is 0.424 e. The normalized spacial score (nSPS) is 14.0. The molecule has 1 aromatic heterocycles. The molecule has 0 atom stereocenters. The minimum atomic E-state index is -0.557. The second-order valence-corrected chi connectivity index (χ2v) is 5.98. The SMILES string of the molecule is CC(=O)Oc1ccccc1NC(=O)N1CCN(c2cccs2)C1=O. The van der Waals surface area contributed by atoms with E-state index in [9.17, 15) is 14.4 Å². The van der Waals surface area contributed by atoms with Gasteiger partial charge in [-0.25, -0.2) is 14.5 Å². The number of nitrogens with one attached hydrogen (secondary N) is 1. The van der Waals surface area contributed by atoms with Gasteiger partial charge in [-0.15, -0.1) is 11.3 Å². The van der Waals surface area contributed by atoms with Crippen molar-refractivity contribution in [1.82, 2.24) is 4.90 Å². The van der Waals surface area contributed by atoms with Crippen LogP contribution in [0, 0.1) is 0 Å². The number of para-hydroxylation sites is 2. The number of ether oxygens (including phenoxy) is 1. The molecule has 2 aromatic rings. The van der Waals surface area contributed by atoms with Gasteiger partial charge in [0.1, 0.15) is 0 Å². The van der Waals surface area contributed by atoms with Crippen molar-refractivity contribution in [2.24, 2.45) is 0 Å². The summed E-state index contributed by atoms with van der Waals surface area (Å²) < 4.78 is 5.05. The lowest BCUT2D eigenvalue weighted by molar-refractivity contribution is -0.131. The second kappa shape index (κ2) is 6.71. The van der Waals surface area contributed by atoms with E-state index in [-0.39, 0.29) is 18.3 Å². The van der Waals surface area contributed by atoms with Gasteiger partial charge in [-0.05, 0) is 29.6 Å². The molecule has 1 saturated heterocycles. The highest BCUT2D eigenvalue weighted by molar-refractivity contribution is 7.14. The van der Waals surface area contributed by atoms with Crippen LogP contribution in [-0.4, -0.2) is 36.0 Å². The maximum Gasteiger partial charge on any atom is 0.333 e. The molecule has 124 valence electrons. The molecular formula is C16H15N3O4S. The summed E-state index contributed by atoms with van der Waals surface area (Å²) in [5.41, 5.74) is 0.333. The zero-order valence-corrected chi connectivity index (χ0v) is 13.7. The Morgan fingerprint density at radius 3 is 2.67 bits per heavy atom. The Labute approximate surface area is 142 Å². The fraction of sp³-hybridized carbons (Fsp3) is 0.188. The molecule has 0 aliphatic carbocycles. The van der Waals surface area contributed by atoms with Gasteiger partial charge in [0.2, 0.25) is 0 Å². The van der Waals surface area contributed by atoms with Gasteiger partial charge in [-0.2, -0.15) is 0 Å². The molecular weight excluding hydrogens is 330 g/mol. The van der Waals surface area contributed by atoms with Crippen molar-refractivity contribution >= 4 is 40.1 Å². The molecule has 2 heterocycles. The number of anilines is 2. The number of urea groups is 2. The highest BCUT2D eigenvalue weighted by Gasteiger charge is 2.34. The molecule has 1 aliphatic rings. The van der Waals surface area contributed by atoms with Crippen LogP contribution in [-0.2, 0) is 4.79 Å². The van der Waals surface area contributed by atoms with E-state index >= 15 is 0 Å². The van der Waals surface area contributed by atoms with Gasteiger partial charge in [0.15, 0.2) is 5.75 Å². The van der Waals surface area contributed by atoms with Crippen LogP contribution in [0.15, 0.2) is 41.8 Å². The van der Waals surface area contributed by atoms with Crippen molar-refractivity contribution in [3.05, 3.63) is 41.8 Å². The lowest BCUT2D eigenvalue weighted by atomic mass is 10.3. The molecule has 1 aromatic carbocycles. The summed E-state index contributed by atoms with van der Waals surface area (Å²) in [6.45, 7) is 2.01. The first kappa shape index (κ1) is 16.0. The van der Waals surface area contributed by atoms with Crippen LogP contribution in [0.3, 0.4) is 0 Å². The van der Waals surface area contributed by atoms with Crippen LogP contribution in [0.1, 0.15) is 6.92 Å². The summed E-state index contributed by atoms with van der Waals surface area (Å²) in [4.78, 5) is 38.6. The van der Waals surface area contributed by atoms with E-state index < -0.39 is 12.0 Å². The minimum absolute atomic E-state index is 0.236. The standard InChI is InChI=1S/C16H15N3O4S/c1-11(20)23-13-6-3-2-5-12(13)17-15(21)19-9-8-18(16(19)22)14-7-4-10-24-14/h2-7,10H,8-9H2,1H3,(H,17,21). The number of amides is 4. The molecule has 1 N–H and O–H groups in total. The molecule has 0 bridgehead atoms. The van der Waals surface area contributed by atoms with Crippen molar-refractivity contribution in [3.8, 4) is 5.75 Å². The monoisotopic (exact) mass is 345 g/mol. The molecule has 24 heavy (non-hydrogen) atoms. The van der Waals surface area contributed by atoms with Gasteiger partial charge in [0.25, 0.3) is 0 Å². The van der Waals surface area contributed by atoms with Gasteiger partial charge in [0, 0.05) is 13.5 Å². The smallest absolute Gasteiger partial charge is 0.333 e. The van der Waals surface area contributed by atoms with Crippen LogP contribution in [0.25, 0.3) is 0 Å². The van der Waals surface area contributed by atoms with Gasteiger partial charge in [0.05, 0.1) is 17.2 Å². The molecule has 3 rings (SSSR count). The maximum absolute atomic E-state index is 12.4. The number of benzene rings is 1. The Bertz CT molecular complexity index is 775. The van der Waals surface area contributed by atoms with Crippen molar-refractivity contribution < 1.29 is 19.1 Å². The molecule has 0 unspecified atom stereocenters. The number of imide groups is 1. The number of hydrogen-bond acceptors (Lipinski definition) is 5. The van der Waals surface area contributed by atoms with Crippen LogP contribution in [0.2, 0.25) is 0 Å². The number of thiophene rings is 1. The second-order valence-electron chi connectivity index (χ2n) is 5.06. The molecule has 8 heteroatoms. The zero-order chi connectivity index (χ0) is 17.1. The van der Waals surface area contributed by atoms with Gasteiger partial charge in [-0.3, -0.25) is 9.69 Å². The van der Waals surface area contributed by atoms with E-state index in [1.54, 1.807) is 29.2 Å². The third-order valence-electron chi connectivity index (χ3n) is 3.41. The van der Waals surface area contributed by atoms with Crippen LogP contribution >= 0.6 is 11.3 Å². The molecule has 0 spiro atoms. The summed E-state index contributed by atoms with van der Waals surface area (Å²) in [6, 6.07) is 9.32. The van der Waals surface area contributed by atoms with E-state index in [4.69, 9.17) is 4.74 Å². The third-order valence-corrected chi connectivity index (χ3v) is 4.30. The van der Waals surface area contributed by atoms with E-state index in [2.05, 4.69) is 5.32 Å². The third kappa shape index (κ3) is 3.23. The van der Waals surface area contributed by atoms with Crippen molar-refractivity contribution in [2.45, 2.75) is 6.92 Å². The van der Waals surface area contributed by atoms with E-state index in [1.807, 2.05) is 17.5 Å². The minimum Gasteiger partial charge on any atom is -0.424 e. The number of carbonyl (C=O) groups is 3. The summed E-state index contributed by atoms with van der Waals surface area (Å²) in [7, 11) is 0. The van der Waals surface area contributed by atoms with Crippen molar-refractivity contribution in [1.29, 1.82) is 0 Å². The molecule has 1 aliphatic heterocycles. The van der Waals surface area contributed by atoms with Gasteiger partial charge < -0.3 is 10.1 Å². The van der Waals surface area contributed by atoms with E-state index in [1.165, 1.54) is 18.3 Å². The van der Waals surface area contributed by atoms with Gasteiger partial charge in [-0.1, -0.05) is 12.1 Å². The molecule has 7 nitrogen and oxygen atoms in total. The first-order chi connectivity index (χ1) is 11.6. The highest BCUT2D eigenvalue weighted by atomic mass is 32.1. The van der Waals surface area contributed by atoms with Crippen molar-refractivity contribution in [2.75, 3.05) is 23.3 Å². The fourth-order valence-electron chi connectivity index (χ4n) is 2.35. The Kier molecular flexibility index (Phi) is 4.48. The molecule has 1 fully saturated rings. The van der Waals surface area contributed by atoms with Crippen molar-refractivity contribution in [3.63, 3.8) is 0 Å². The Hall–Kier alpha value is -2.87. The van der Waals surface area contributed by atoms with Gasteiger partial charge >= 0.3 is 18.0 Å². The number of carbonyl (C=O) groups excluding carboxylic acids is 3. The van der Waals surface area contributed by atoms with Crippen LogP contribution in [0.4, 0.5) is 20.3 Å². The zero-order valence-electron chi connectivity index (χ0n) is 12.9. The summed E-state index contributed by atoms with van der Waals surface area (Å²) in [5.74, 6) is -0.252. The van der Waals surface area contributed by atoms with E-state index in [0.29, 0.717) is 12.2 Å². The highest BCUT2D eigenvalue weighted by Crippen LogP contribution is 2.27. The average molecular weight is 345 g/mol. The number of rotatable bonds is 3. The number of hydrogen-bond donors (Lipinski definition) is 1. The fourth-order valence-corrected chi connectivity index (χ4v) is 3.10. The average Bonchev–Trinajstić information content (AvgIpc) is 3.18. The van der Waals surface area contributed by atoms with E-state index in [0.717, 1.165) is 9.90 Å². The molecule has 0 saturated carbocycles. The number of nitrogens with zero attached hydrogens (tertiary/aromatic N) is 2. The summed E-state index contributed by atoms with van der Waals surface area (Å²) in [5, 5.41) is 5.30. The van der Waals surface area contributed by atoms with Crippen LogP contribution in [0.5, 0.6) is 5.75 Å². The quantitative estimate of drug-likeness (QED) is 0.685.